The lowest BCUT2D eigenvalue weighted by molar-refractivity contribution is -0.205. The lowest BCUT2D eigenvalue weighted by Gasteiger charge is -2.20. The average Bonchev–Trinajstić information content (AvgIpc) is 2.59. The highest BCUT2D eigenvalue weighted by molar-refractivity contribution is 5.86. The predicted octanol–water partition coefficient (Wildman–Crippen LogP) is 5.80. The molecule has 0 aromatic heterocycles. The molecule has 4 nitrogen and oxygen atoms in total. The van der Waals surface area contributed by atoms with E-state index in [0.717, 1.165) is 12.2 Å². The molecule has 0 amide bonds. The molecule has 26 heavy (non-hydrogen) atoms. The largest absolute Gasteiger partial charge is 0.465 e. The van der Waals surface area contributed by atoms with E-state index in [1.54, 1.807) is 20.8 Å². The third-order valence-electron chi connectivity index (χ3n) is 4.05. The van der Waals surface area contributed by atoms with Crippen LogP contribution in [0.5, 0.6) is 5.75 Å². The normalized spacial score (nSPS) is 13.1. The molecule has 0 saturated heterocycles. The van der Waals surface area contributed by atoms with E-state index in [1.165, 1.54) is 44.1 Å². The third kappa shape index (κ3) is 9.62. The van der Waals surface area contributed by atoms with Crippen LogP contribution in [0.25, 0.3) is 0 Å². The molecule has 1 rings (SSSR count). The third-order valence-corrected chi connectivity index (χ3v) is 4.05. The van der Waals surface area contributed by atoms with Crippen LogP contribution in [0.4, 0.5) is 0 Å². The molecule has 0 N–H and O–H groups in total. The van der Waals surface area contributed by atoms with E-state index in [-0.39, 0.29) is 0 Å². The fourth-order valence-corrected chi connectivity index (χ4v) is 2.61. The van der Waals surface area contributed by atoms with E-state index >= 15 is 0 Å². The lowest BCUT2D eigenvalue weighted by atomic mass is 10.0. The maximum Gasteiger partial charge on any atom is 0.335 e. The first kappa shape index (κ1) is 22.2. The van der Waals surface area contributed by atoms with Gasteiger partial charge in [0.25, 0.3) is 0 Å². The molecule has 1 aromatic rings. The SMILES string of the molecule is C=C(C)C(=O)OC(C)OC(C)Oc1ccc(CCCCCCCC)cc1. The summed E-state index contributed by atoms with van der Waals surface area (Å²) in [5, 5.41) is 0. The Balaban J connectivity index is 2.30. The topological polar surface area (TPSA) is 44.8 Å². The second-order valence-electron chi connectivity index (χ2n) is 6.74. The van der Waals surface area contributed by atoms with Crippen molar-refractivity contribution in [1.29, 1.82) is 0 Å². The fourth-order valence-electron chi connectivity index (χ4n) is 2.61. The summed E-state index contributed by atoms with van der Waals surface area (Å²) >= 11 is 0. The maximum atomic E-state index is 11.4. The van der Waals surface area contributed by atoms with Gasteiger partial charge in [0.2, 0.25) is 12.6 Å². The second-order valence-corrected chi connectivity index (χ2v) is 6.74. The number of benzene rings is 1. The van der Waals surface area contributed by atoms with Crippen molar-refractivity contribution in [3.05, 3.63) is 42.0 Å². The van der Waals surface area contributed by atoms with Gasteiger partial charge >= 0.3 is 5.97 Å². The second kappa shape index (κ2) is 12.5. The lowest BCUT2D eigenvalue weighted by Crippen LogP contribution is -2.26. The van der Waals surface area contributed by atoms with Gasteiger partial charge < -0.3 is 14.2 Å². The number of esters is 1. The van der Waals surface area contributed by atoms with Crippen LogP contribution in [0, 0.1) is 0 Å². The van der Waals surface area contributed by atoms with Crippen molar-refractivity contribution < 1.29 is 19.0 Å². The van der Waals surface area contributed by atoms with Gasteiger partial charge in [-0.1, -0.05) is 57.7 Å². The van der Waals surface area contributed by atoms with E-state index in [9.17, 15) is 4.79 Å². The first-order valence-electron chi connectivity index (χ1n) is 9.70. The monoisotopic (exact) mass is 362 g/mol. The molecule has 4 heteroatoms. The van der Waals surface area contributed by atoms with Gasteiger partial charge in [-0.2, -0.15) is 0 Å². The Morgan fingerprint density at radius 2 is 1.62 bits per heavy atom. The Hall–Kier alpha value is -1.81. The molecule has 0 spiro atoms. The Kier molecular flexibility index (Phi) is 10.7. The van der Waals surface area contributed by atoms with E-state index in [0.29, 0.717) is 5.57 Å². The Labute approximate surface area is 158 Å². The molecular weight excluding hydrogens is 328 g/mol. The van der Waals surface area contributed by atoms with Crippen molar-refractivity contribution in [1.82, 2.24) is 0 Å². The summed E-state index contributed by atoms with van der Waals surface area (Å²) in [6.45, 7) is 10.8. The highest BCUT2D eigenvalue weighted by Crippen LogP contribution is 2.17. The van der Waals surface area contributed by atoms with Gasteiger partial charge in [0.15, 0.2) is 0 Å². The minimum absolute atomic E-state index is 0.343. The highest BCUT2D eigenvalue weighted by Gasteiger charge is 2.14. The number of hydrogen-bond donors (Lipinski definition) is 0. The maximum absolute atomic E-state index is 11.4. The number of carbonyl (C=O) groups is 1. The standard InChI is InChI=1S/C22H34O4/c1-6-7-8-9-10-11-12-20-13-15-21(16-14-20)25-18(4)24-19(5)26-22(23)17(2)3/h13-16,18-19H,2,6-12H2,1,3-5H3. The van der Waals surface area contributed by atoms with E-state index in [2.05, 4.69) is 25.6 Å². The summed E-state index contributed by atoms with van der Waals surface area (Å²) in [7, 11) is 0. The minimum atomic E-state index is -0.693. The van der Waals surface area contributed by atoms with Crippen molar-refractivity contribution in [3.8, 4) is 5.75 Å². The number of carbonyl (C=O) groups excluding carboxylic acids is 1. The van der Waals surface area contributed by atoms with E-state index < -0.39 is 18.5 Å². The zero-order valence-corrected chi connectivity index (χ0v) is 16.8. The van der Waals surface area contributed by atoms with Crippen molar-refractivity contribution in [3.63, 3.8) is 0 Å². The minimum Gasteiger partial charge on any atom is -0.465 e. The Bertz CT molecular complexity index is 536. The van der Waals surface area contributed by atoms with Gasteiger partial charge in [-0.15, -0.1) is 0 Å². The Morgan fingerprint density at radius 1 is 1.00 bits per heavy atom. The van der Waals surface area contributed by atoms with Gasteiger partial charge in [-0.25, -0.2) is 4.79 Å². The van der Waals surface area contributed by atoms with Crippen LogP contribution in [-0.2, 0) is 20.7 Å². The number of ether oxygens (including phenoxy) is 3. The molecular formula is C22H34O4. The van der Waals surface area contributed by atoms with Crippen LogP contribution in [0.1, 0.15) is 71.8 Å². The van der Waals surface area contributed by atoms with Crippen LogP contribution in [0.2, 0.25) is 0 Å². The van der Waals surface area contributed by atoms with E-state index in [1.807, 2.05) is 12.1 Å². The first-order chi connectivity index (χ1) is 12.4. The molecule has 0 fully saturated rings. The molecule has 1 aromatic carbocycles. The van der Waals surface area contributed by atoms with Gasteiger partial charge in [-0.05, 0) is 51.3 Å². The molecule has 0 aliphatic rings. The van der Waals surface area contributed by atoms with Crippen molar-refractivity contribution in [2.45, 2.75) is 85.2 Å². The summed E-state index contributed by atoms with van der Waals surface area (Å²) in [4.78, 5) is 11.4. The molecule has 0 aliphatic heterocycles. The summed E-state index contributed by atoms with van der Waals surface area (Å²) in [5.74, 6) is 0.270. The summed E-state index contributed by atoms with van der Waals surface area (Å²) in [5.41, 5.74) is 1.67. The van der Waals surface area contributed by atoms with Gasteiger partial charge in [-0.3, -0.25) is 0 Å². The van der Waals surface area contributed by atoms with Crippen LogP contribution in [0.15, 0.2) is 36.4 Å². The predicted molar refractivity (Wildman–Crippen MR) is 105 cm³/mol. The molecule has 2 unspecified atom stereocenters. The van der Waals surface area contributed by atoms with E-state index in [4.69, 9.17) is 14.2 Å². The van der Waals surface area contributed by atoms with Gasteiger partial charge in [0.1, 0.15) is 5.75 Å². The van der Waals surface area contributed by atoms with Crippen LogP contribution >= 0.6 is 0 Å². The summed E-state index contributed by atoms with van der Waals surface area (Å²) in [6, 6.07) is 8.10. The average molecular weight is 363 g/mol. The number of hydrogen-bond acceptors (Lipinski definition) is 4. The molecule has 0 bridgehead atoms. The molecule has 2 atom stereocenters. The zero-order valence-electron chi connectivity index (χ0n) is 16.8. The first-order valence-corrected chi connectivity index (χ1v) is 9.70. The van der Waals surface area contributed by atoms with Crippen molar-refractivity contribution >= 4 is 5.97 Å². The van der Waals surface area contributed by atoms with Crippen LogP contribution in [0.3, 0.4) is 0 Å². The fraction of sp³-hybridized carbons (Fsp3) is 0.591. The van der Waals surface area contributed by atoms with Crippen molar-refractivity contribution in [2.24, 2.45) is 0 Å². The number of aryl methyl sites for hydroxylation is 1. The van der Waals surface area contributed by atoms with Crippen LogP contribution in [-0.4, -0.2) is 18.5 Å². The zero-order chi connectivity index (χ0) is 19.4. The number of rotatable bonds is 13. The quantitative estimate of drug-likeness (QED) is 0.193. The van der Waals surface area contributed by atoms with Gasteiger partial charge in [0.05, 0.1) is 0 Å². The van der Waals surface area contributed by atoms with Crippen LogP contribution < -0.4 is 4.74 Å². The molecule has 0 aliphatic carbocycles. The highest BCUT2D eigenvalue weighted by atomic mass is 16.8. The molecule has 0 saturated carbocycles. The Morgan fingerprint density at radius 3 is 2.23 bits per heavy atom. The molecule has 146 valence electrons. The van der Waals surface area contributed by atoms with Crippen molar-refractivity contribution in [2.75, 3.05) is 0 Å². The molecule has 0 heterocycles. The van der Waals surface area contributed by atoms with Gasteiger partial charge in [0, 0.05) is 5.57 Å². The molecule has 0 radical (unpaired) electrons. The summed E-state index contributed by atoms with van der Waals surface area (Å²) < 4.78 is 16.3. The summed E-state index contributed by atoms with van der Waals surface area (Å²) in [6.07, 6.45) is 7.73. The number of unbranched alkanes of at least 4 members (excludes halogenated alkanes) is 5. The smallest absolute Gasteiger partial charge is 0.335 e.